The normalized spacial score (nSPS) is 65.4. The van der Waals surface area contributed by atoms with Gasteiger partial charge in [-0.25, -0.2) is 0 Å². The number of fused-ring (bicyclic) bond motifs is 2. The largest absolute Gasteiger partial charge is 0.350 e. The highest BCUT2D eigenvalue weighted by molar-refractivity contribution is 6.52. The Labute approximate surface area is 131 Å². The molecule has 5 fully saturated rings. The van der Waals surface area contributed by atoms with Crippen LogP contribution in [0, 0.1) is 35.5 Å². The molecule has 2 nitrogen and oxygen atoms in total. The molecule has 0 aromatic rings. The molecule has 6 aliphatic rings. The predicted octanol–water partition coefficient (Wildman–Crippen LogP) is 3.39. The maximum Gasteiger partial charge on any atom is 0.217 e. The lowest BCUT2D eigenvalue weighted by atomic mass is 9.85. The molecule has 0 radical (unpaired) electrons. The molecule has 0 spiro atoms. The van der Waals surface area contributed by atoms with Gasteiger partial charge < -0.3 is 9.47 Å². The second-order valence-corrected chi connectivity index (χ2v) is 8.39. The van der Waals surface area contributed by atoms with Crippen molar-refractivity contribution in [2.45, 2.75) is 15.5 Å². The minimum atomic E-state index is -1.16. The van der Waals surface area contributed by atoms with E-state index in [2.05, 4.69) is 0 Å². The van der Waals surface area contributed by atoms with Gasteiger partial charge >= 0.3 is 0 Å². The number of halogens is 4. The Morgan fingerprint density at radius 2 is 1.16 bits per heavy atom. The lowest BCUT2D eigenvalue weighted by Crippen LogP contribution is -2.58. The molecule has 5 saturated carbocycles. The molecule has 19 heavy (non-hydrogen) atoms. The van der Waals surface area contributed by atoms with Crippen LogP contribution in [0.2, 0.25) is 0 Å². The van der Waals surface area contributed by atoms with E-state index in [0.717, 1.165) is 11.8 Å². The van der Waals surface area contributed by atoms with Crippen LogP contribution in [0.25, 0.3) is 0 Å². The van der Waals surface area contributed by atoms with Gasteiger partial charge in [0.2, 0.25) is 5.79 Å². The minimum absolute atomic E-state index is 0.224. The third kappa shape index (κ3) is 0.815. The smallest absolute Gasteiger partial charge is 0.217 e. The molecule has 6 aliphatic carbocycles. The van der Waals surface area contributed by atoms with E-state index in [9.17, 15) is 0 Å². The SMILES string of the molecule is COC1(OC)[C@@]2(Cl)C(Cl)=C(Cl)[C@]1(Cl)[C@@H]1C3C4C3C4[C@@H]12. The molecule has 0 aromatic heterocycles. The molecule has 0 aromatic carbocycles. The van der Waals surface area contributed by atoms with E-state index in [1.807, 2.05) is 0 Å². The van der Waals surface area contributed by atoms with Crippen LogP contribution in [0.4, 0.5) is 0 Å². The van der Waals surface area contributed by atoms with Crippen LogP contribution in [0.5, 0.6) is 0 Å². The minimum Gasteiger partial charge on any atom is -0.350 e. The number of hydrogen-bond donors (Lipinski definition) is 0. The standard InChI is InChI=1S/C13H12Cl4O2/c1-18-13(19-2)11(16)7-5-3-4(5)6(3)8(7)12(13,17)10(15)9(11)14/h3-8H,1-2H3/t3?,4?,5?,6?,7-,8+,11-,12+. The van der Waals surface area contributed by atoms with Gasteiger partial charge in [-0.15, -0.1) is 23.2 Å². The van der Waals surface area contributed by atoms with Crippen LogP contribution in [-0.2, 0) is 9.47 Å². The molecule has 0 heterocycles. The Morgan fingerprint density at radius 3 is 1.47 bits per heavy atom. The topological polar surface area (TPSA) is 18.5 Å². The summed E-state index contributed by atoms with van der Waals surface area (Å²) in [5, 5.41) is 0.838. The van der Waals surface area contributed by atoms with Crippen LogP contribution < -0.4 is 0 Å². The lowest BCUT2D eigenvalue weighted by Gasteiger charge is -2.42. The first-order chi connectivity index (χ1) is 8.93. The summed E-state index contributed by atoms with van der Waals surface area (Å²) in [6.07, 6.45) is 0. The molecule has 6 rings (SSSR count). The van der Waals surface area contributed by atoms with Gasteiger partial charge in [-0.1, -0.05) is 23.2 Å². The highest BCUT2D eigenvalue weighted by Crippen LogP contribution is 2.95. The number of methoxy groups -OCH3 is 2. The summed E-state index contributed by atoms with van der Waals surface area (Å²) in [5.41, 5.74) is 0. The molecule has 6 atom stereocenters. The van der Waals surface area contributed by atoms with Gasteiger partial charge in [0.05, 0.1) is 10.1 Å². The molecule has 0 saturated heterocycles. The molecule has 4 bridgehead atoms. The van der Waals surface area contributed by atoms with Crippen LogP contribution in [0.1, 0.15) is 0 Å². The average molecular weight is 342 g/mol. The summed E-state index contributed by atoms with van der Waals surface area (Å²) < 4.78 is 11.4. The number of hydrogen-bond acceptors (Lipinski definition) is 2. The van der Waals surface area contributed by atoms with Crippen molar-refractivity contribution < 1.29 is 9.47 Å². The van der Waals surface area contributed by atoms with E-state index in [4.69, 9.17) is 55.9 Å². The van der Waals surface area contributed by atoms with Crippen molar-refractivity contribution in [3.63, 3.8) is 0 Å². The van der Waals surface area contributed by atoms with Crippen molar-refractivity contribution >= 4 is 46.4 Å². The van der Waals surface area contributed by atoms with E-state index >= 15 is 0 Å². The number of rotatable bonds is 2. The van der Waals surface area contributed by atoms with E-state index in [1.54, 1.807) is 14.2 Å². The molecule has 0 aliphatic heterocycles. The summed E-state index contributed by atoms with van der Waals surface area (Å²) >= 11 is 26.9. The molecule has 0 amide bonds. The first-order valence-corrected chi connectivity index (χ1v) is 7.99. The van der Waals surface area contributed by atoms with E-state index in [-0.39, 0.29) is 11.8 Å². The number of ether oxygens (including phenoxy) is 2. The zero-order valence-corrected chi connectivity index (χ0v) is 13.3. The molecule has 6 heteroatoms. The highest BCUT2D eigenvalue weighted by atomic mass is 35.5. The maximum atomic E-state index is 6.98. The van der Waals surface area contributed by atoms with Crippen LogP contribution in [-0.4, -0.2) is 29.8 Å². The van der Waals surface area contributed by atoms with Crippen molar-refractivity contribution in [3.8, 4) is 0 Å². The number of alkyl halides is 2. The Kier molecular flexibility index (Phi) is 1.94. The van der Waals surface area contributed by atoms with Crippen LogP contribution >= 0.6 is 46.4 Å². The van der Waals surface area contributed by atoms with Gasteiger partial charge in [0, 0.05) is 14.2 Å². The molecule has 104 valence electrons. The van der Waals surface area contributed by atoms with Crippen molar-refractivity contribution in [1.29, 1.82) is 0 Å². The van der Waals surface area contributed by atoms with Gasteiger partial charge in [-0.2, -0.15) is 0 Å². The first kappa shape index (κ1) is 12.4. The van der Waals surface area contributed by atoms with Crippen molar-refractivity contribution in [1.82, 2.24) is 0 Å². The molecule has 0 N–H and O–H groups in total. The Balaban J connectivity index is 1.82. The zero-order chi connectivity index (χ0) is 13.5. The van der Waals surface area contributed by atoms with Crippen molar-refractivity contribution in [3.05, 3.63) is 10.1 Å². The third-order valence-electron chi connectivity index (χ3n) is 6.44. The zero-order valence-electron chi connectivity index (χ0n) is 10.3. The summed E-state index contributed by atoms with van der Waals surface area (Å²) in [7, 11) is 3.13. The first-order valence-electron chi connectivity index (χ1n) is 6.47. The van der Waals surface area contributed by atoms with Gasteiger partial charge in [0.15, 0.2) is 0 Å². The average Bonchev–Trinajstić information content (AvgIpc) is 3.19. The fourth-order valence-electron chi connectivity index (χ4n) is 5.88. The summed E-state index contributed by atoms with van der Waals surface area (Å²) in [4.78, 5) is -1.88. The summed E-state index contributed by atoms with van der Waals surface area (Å²) in [6, 6.07) is 0. The molecular weight excluding hydrogens is 330 g/mol. The van der Waals surface area contributed by atoms with E-state index < -0.39 is 15.5 Å². The van der Waals surface area contributed by atoms with Crippen molar-refractivity contribution in [2.75, 3.05) is 14.2 Å². The fraction of sp³-hybridized carbons (Fsp3) is 0.846. The fourth-order valence-corrected chi connectivity index (χ4v) is 8.18. The van der Waals surface area contributed by atoms with E-state index in [1.165, 1.54) is 0 Å². The van der Waals surface area contributed by atoms with Gasteiger partial charge in [-0.3, -0.25) is 0 Å². The van der Waals surface area contributed by atoms with Crippen LogP contribution in [0.15, 0.2) is 10.1 Å². The van der Waals surface area contributed by atoms with Gasteiger partial charge in [-0.05, 0) is 35.5 Å². The molecular formula is C13H12Cl4O2. The predicted molar refractivity (Wildman–Crippen MR) is 73.6 cm³/mol. The van der Waals surface area contributed by atoms with Gasteiger partial charge in [0.25, 0.3) is 0 Å². The highest BCUT2D eigenvalue weighted by Gasteiger charge is 2.98. The summed E-state index contributed by atoms with van der Waals surface area (Å²) in [5.74, 6) is 2.15. The van der Waals surface area contributed by atoms with Crippen molar-refractivity contribution in [2.24, 2.45) is 35.5 Å². The second kappa shape index (κ2) is 2.98. The third-order valence-corrected chi connectivity index (χ3v) is 9.08. The molecule has 2 unspecified atom stereocenters. The monoisotopic (exact) mass is 340 g/mol. The van der Waals surface area contributed by atoms with Crippen LogP contribution in [0.3, 0.4) is 0 Å². The Hall–Kier alpha value is 0.820. The van der Waals surface area contributed by atoms with E-state index in [0.29, 0.717) is 21.9 Å². The quantitative estimate of drug-likeness (QED) is 0.566. The summed E-state index contributed by atoms with van der Waals surface area (Å²) in [6.45, 7) is 0. The lowest BCUT2D eigenvalue weighted by molar-refractivity contribution is -0.223. The second-order valence-electron chi connectivity index (χ2n) is 6.44. The Bertz CT molecular complexity index is 507. The maximum absolute atomic E-state index is 6.98. The Morgan fingerprint density at radius 1 is 0.789 bits per heavy atom. The van der Waals surface area contributed by atoms with Gasteiger partial charge in [0.1, 0.15) is 9.75 Å².